The van der Waals surface area contributed by atoms with Crippen molar-refractivity contribution >= 4 is 17.9 Å². The molecule has 1 unspecified atom stereocenters. The average molecular weight is 1160 g/mol. The van der Waals surface area contributed by atoms with Crippen LogP contribution in [0.15, 0.2) is 48.6 Å². The van der Waals surface area contributed by atoms with Crippen molar-refractivity contribution in [3.8, 4) is 0 Å². The van der Waals surface area contributed by atoms with Gasteiger partial charge in [0.2, 0.25) is 0 Å². The van der Waals surface area contributed by atoms with E-state index in [0.29, 0.717) is 19.3 Å². The summed E-state index contributed by atoms with van der Waals surface area (Å²) < 4.78 is 16.9. The van der Waals surface area contributed by atoms with Crippen molar-refractivity contribution in [2.45, 2.75) is 412 Å². The summed E-state index contributed by atoms with van der Waals surface area (Å²) in [6.45, 7) is 6.56. The smallest absolute Gasteiger partial charge is 0.306 e. The molecule has 6 heteroatoms. The summed E-state index contributed by atoms with van der Waals surface area (Å²) in [6, 6.07) is 0. The zero-order chi connectivity index (χ0) is 59.9. The molecule has 0 aromatic carbocycles. The highest BCUT2D eigenvalue weighted by atomic mass is 16.6. The van der Waals surface area contributed by atoms with Gasteiger partial charge in [-0.1, -0.05) is 378 Å². The molecule has 1 atom stereocenters. The van der Waals surface area contributed by atoms with E-state index in [-0.39, 0.29) is 31.1 Å². The number of hydrogen-bond donors (Lipinski definition) is 0. The first-order valence-corrected chi connectivity index (χ1v) is 37.1. The van der Waals surface area contributed by atoms with Gasteiger partial charge in [0.1, 0.15) is 13.2 Å². The first-order chi connectivity index (χ1) is 41.0. The predicted molar refractivity (Wildman–Crippen MR) is 362 cm³/mol. The fourth-order valence-electron chi connectivity index (χ4n) is 11.3. The van der Waals surface area contributed by atoms with Gasteiger partial charge >= 0.3 is 17.9 Å². The summed E-state index contributed by atoms with van der Waals surface area (Å²) >= 11 is 0. The molecule has 0 rings (SSSR count). The standard InChI is InChI=1S/C77H142O6/c1-4-7-10-13-16-19-22-25-28-30-31-32-33-34-35-36-37-38-39-40-41-42-43-44-45-46-47-50-52-55-58-61-64-67-70-76(79)82-73-74(72-81-75(78)69-66-63-60-57-54-51-48-27-24-21-18-15-12-9-6-3)83-77(80)71-68-65-62-59-56-53-49-29-26-23-20-17-14-11-8-5-2/h9,12,18,21,27,48,54,57,74H,4-8,10-11,13-17,19-20,22-26,28-47,49-53,55-56,58-73H2,1-3H3/b12-9-,21-18-,48-27-,57-54-. The Morgan fingerprint density at radius 3 is 0.735 bits per heavy atom. The number of esters is 3. The maximum atomic E-state index is 12.9. The summed E-state index contributed by atoms with van der Waals surface area (Å²) in [6.07, 6.45) is 91.8. The van der Waals surface area contributed by atoms with Gasteiger partial charge in [0.05, 0.1) is 0 Å². The molecule has 0 aromatic heterocycles. The summed E-state index contributed by atoms with van der Waals surface area (Å²) in [4.78, 5) is 38.4. The van der Waals surface area contributed by atoms with Crippen LogP contribution in [0.5, 0.6) is 0 Å². The minimum atomic E-state index is -0.788. The molecule has 6 nitrogen and oxygen atoms in total. The van der Waals surface area contributed by atoms with Gasteiger partial charge in [-0.25, -0.2) is 0 Å². The van der Waals surface area contributed by atoms with Gasteiger partial charge in [0, 0.05) is 19.3 Å². The molecule has 0 aromatic rings. The Morgan fingerprint density at radius 2 is 0.470 bits per heavy atom. The van der Waals surface area contributed by atoms with Gasteiger partial charge in [-0.15, -0.1) is 0 Å². The molecule has 0 spiro atoms. The fourth-order valence-corrected chi connectivity index (χ4v) is 11.3. The molecule has 0 saturated carbocycles. The Kier molecular flexibility index (Phi) is 69.6. The number of carbonyl (C=O) groups is 3. The number of hydrogen-bond acceptors (Lipinski definition) is 6. The number of ether oxygens (including phenoxy) is 3. The highest BCUT2D eigenvalue weighted by Crippen LogP contribution is 2.19. The molecule has 0 heterocycles. The van der Waals surface area contributed by atoms with E-state index in [1.54, 1.807) is 0 Å². The molecule has 0 radical (unpaired) electrons. The van der Waals surface area contributed by atoms with E-state index in [1.165, 1.54) is 283 Å². The van der Waals surface area contributed by atoms with Crippen LogP contribution in [0.3, 0.4) is 0 Å². The van der Waals surface area contributed by atoms with E-state index in [1.807, 2.05) is 0 Å². The first-order valence-electron chi connectivity index (χ1n) is 37.1. The van der Waals surface area contributed by atoms with E-state index < -0.39 is 6.10 Å². The molecule has 0 amide bonds. The number of carbonyl (C=O) groups excluding carboxylic acids is 3. The number of allylic oxidation sites excluding steroid dienone is 8. The third-order valence-corrected chi connectivity index (χ3v) is 16.8. The van der Waals surface area contributed by atoms with Gasteiger partial charge < -0.3 is 14.2 Å². The lowest BCUT2D eigenvalue weighted by atomic mass is 10.0. The van der Waals surface area contributed by atoms with Crippen LogP contribution in [0.1, 0.15) is 406 Å². The van der Waals surface area contributed by atoms with Crippen LogP contribution in [0, 0.1) is 0 Å². The topological polar surface area (TPSA) is 78.9 Å². The second-order valence-electron chi connectivity index (χ2n) is 25.2. The Balaban J connectivity index is 4.11. The van der Waals surface area contributed by atoms with E-state index in [2.05, 4.69) is 69.4 Å². The average Bonchev–Trinajstić information content (AvgIpc) is 3.49. The molecule has 0 saturated heterocycles. The van der Waals surface area contributed by atoms with Crippen LogP contribution in [0.2, 0.25) is 0 Å². The van der Waals surface area contributed by atoms with E-state index in [9.17, 15) is 14.4 Å². The summed E-state index contributed by atoms with van der Waals surface area (Å²) in [5.41, 5.74) is 0. The largest absolute Gasteiger partial charge is 0.462 e. The molecule has 0 aliphatic rings. The molecular formula is C77H142O6. The fraction of sp³-hybridized carbons (Fsp3) is 0.857. The van der Waals surface area contributed by atoms with Crippen molar-refractivity contribution in [3.05, 3.63) is 48.6 Å². The molecule has 486 valence electrons. The van der Waals surface area contributed by atoms with Crippen LogP contribution < -0.4 is 0 Å². The zero-order valence-corrected chi connectivity index (χ0v) is 56.0. The van der Waals surface area contributed by atoms with Crippen LogP contribution in [0.25, 0.3) is 0 Å². The maximum Gasteiger partial charge on any atom is 0.306 e. The minimum Gasteiger partial charge on any atom is -0.462 e. The normalized spacial score (nSPS) is 12.3. The van der Waals surface area contributed by atoms with Crippen LogP contribution in [0.4, 0.5) is 0 Å². The summed E-state index contributed by atoms with van der Waals surface area (Å²) in [7, 11) is 0. The van der Waals surface area contributed by atoms with E-state index in [4.69, 9.17) is 14.2 Å². The molecular weight excluding hydrogens is 1020 g/mol. The Bertz CT molecular complexity index is 1430. The minimum absolute atomic E-state index is 0.0810. The Labute approximate surface area is 518 Å². The van der Waals surface area contributed by atoms with Gasteiger partial charge in [0.15, 0.2) is 6.10 Å². The lowest BCUT2D eigenvalue weighted by Crippen LogP contribution is -2.30. The number of rotatable bonds is 69. The molecule has 0 aliphatic carbocycles. The highest BCUT2D eigenvalue weighted by Gasteiger charge is 2.19. The molecule has 0 aliphatic heterocycles. The monoisotopic (exact) mass is 1160 g/mol. The second-order valence-corrected chi connectivity index (χ2v) is 25.2. The SMILES string of the molecule is CC/C=C\C/C=C\C/C=C\C/C=C\CCCCC(=O)OCC(COC(=O)CCCCCCCCCCCCCCCCCCCCCCCCCCCCCCCCCCCC)OC(=O)CCCCCCCCCCCCCCCCCC. The lowest BCUT2D eigenvalue weighted by Gasteiger charge is -2.18. The van der Waals surface area contributed by atoms with Crippen molar-refractivity contribution in [2.75, 3.05) is 13.2 Å². The maximum absolute atomic E-state index is 12.9. The second kappa shape index (κ2) is 71.8. The Hall–Kier alpha value is -2.63. The molecule has 0 fully saturated rings. The third-order valence-electron chi connectivity index (χ3n) is 16.8. The van der Waals surface area contributed by atoms with Crippen molar-refractivity contribution in [3.63, 3.8) is 0 Å². The van der Waals surface area contributed by atoms with Crippen LogP contribution >= 0.6 is 0 Å². The van der Waals surface area contributed by atoms with Gasteiger partial charge in [-0.2, -0.15) is 0 Å². The zero-order valence-electron chi connectivity index (χ0n) is 56.0. The van der Waals surface area contributed by atoms with Gasteiger partial charge in [-0.05, 0) is 57.8 Å². The lowest BCUT2D eigenvalue weighted by molar-refractivity contribution is -0.167. The van der Waals surface area contributed by atoms with Crippen molar-refractivity contribution < 1.29 is 28.6 Å². The van der Waals surface area contributed by atoms with E-state index >= 15 is 0 Å². The van der Waals surface area contributed by atoms with Crippen molar-refractivity contribution in [1.82, 2.24) is 0 Å². The third kappa shape index (κ3) is 70.0. The predicted octanol–water partition coefficient (Wildman–Crippen LogP) is 25.7. The van der Waals surface area contributed by atoms with Crippen molar-refractivity contribution in [2.24, 2.45) is 0 Å². The van der Waals surface area contributed by atoms with Gasteiger partial charge in [0.25, 0.3) is 0 Å². The van der Waals surface area contributed by atoms with Crippen LogP contribution in [-0.2, 0) is 28.6 Å². The van der Waals surface area contributed by atoms with Gasteiger partial charge in [-0.3, -0.25) is 14.4 Å². The van der Waals surface area contributed by atoms with Crippen molar-refractivity contribution in [1.29, 1.82) is 0 Å². The first kappa shape index (κ1) is 80.4. The summed E-state index contributed by atoms with van der Waals surface area (Å²) in [5.74, 6) is -0.897. The molecule has 0 bridgehead atoms. The highest BCUT2D eigenvalue weighted by molar-refractivity contribution is 5.71. The van der Waals surface area contributed by atoms with E-state index in [0.717, 1.165) is 83.5 Å². The Morgan fingerprint density at radius 1 is 0.253 bits per heavy atom. The number of unbranched alkanes of at least 4 members (excludes halogenated alkanes) is 50. The quantitative estimate of drug-likeness (QED) is 0.0261. The molecule has 0 N–H and O–H groups in total. The van der Waals surface area contributed by atoms with Crippen LogP contribution in [-0.4, -0.2) is 37.2 Å². The molecule has 83 heavy (non-hydrogen) atoms. The summed E-state index contributed by atoms with van der Waals surface area (Å²) in [5, 5.41) is 0.